The number of ether oxygens (including phenoxy) is 8. The van der Waals surface area contributed by atoms with Crippen LogP contribution in [0.25, 0.3) is 0 Å². The van der Waals surface area contributed by atoms with Crippen LogP contribution in [0, 0.1) is 5.82 Å². The molecule has 1 aromatic heterocycles. The molecule has 0 aliphatic heterocycles. The Bertz CT molecular complexity index is 6190. The van der Waals surface area contributed by atoms with Crippen molar-refractivity contribution in [2.75, 3.05) is 69.1 Å². The molecule has 11 aromatic carbocycles. The maximum atomic E-state index is 13.7. The number of Topliss-reactive ketones (excluding diaryl/α,β-unsaturated/α-hetero) is 2. The highest BCUT2D eigenvalue weighted by molar-refractivity contribution is 6.01. The van der Waals surface area contributed by atoms with Crippen LogP contribution >= 0.6 is 0 Å². The Morgan fingerprint density at radius 3 is 0.932 bits per heavy atom. The average molecular weight is 1990 g/mol. The van der Waals surface area contributed by atoms with Gasteiger partial charge in [0, 0.05) is 53.4 Å². The van der Waals surface area contributed by atoms with Crippen molar-refractivity contribution in [2.45, 2.75) is 177 Å². The van der Waals surface area contributed by atoms with Crippen LogP contribution in [-0.4, -0.2) is 144 Å². The molecule has 764 valence electrons. The third-order valence-corrected chi connectivity index (χ3v) is 22.7. The van der Waals surface area contributed by atoms with Crippen molar-refractivity contribution < 1.29 is 109 Å². The first-order valence-electron chi connectivity index (χ1n) is 49.2. The molecule has 1 heterocycles. The first-order chi connectivity index (χ1) is 70.7. The number of esters is 3. The van der Waals surface area contributed by atoms with Gasteiger partial charge in [0.1, 0.15) is 64.1 Å². The molecule has 0 bridgehead atoms. The molecule has 0 spiro atoms. The maximum Gasteiger partial charge on any atom is 0.343 e. The van der Waals surface area contributed by atoms with E-state index in [4.69, 9.17) is 42.3 Å². The summed E-state index contributed by atoms with van der Waals surface area (Å²) >= 11 is 0. The number of aliphatic carboxylic acids is 1. The number of nitrogens with one attached hydrogen (secondary N) is 3. The zero-order valence-electron chi connectivity index (χ0n) is 83.6. The van der Waals surface area contributed by atoms with Crippen molar-refractivity contribution >= 4 is 87.9 Å². The van der Waals surface area contributed by atoms with Crippen molar-refractivity contribution in [3.05, 3.63) is 352 Å². The number of carbonyl (C=O) groups is 12. The Morgan fingerprint density at radius 1 is 0.322 bits per heavy atom. The summed E-state index contributed by atoms with van der Waals surface area (Å²) < 4.78 is 63.2. The van der Waals surface area contributed by atoms with Crippen LogP contribution in [0.5, 0.6) is 46.0 Å². The summed E-state index contributed by atoms with van der Waals surface area (Å²) in [6, 6.07) is 74.6. The predicted octanol–water partition coefficient (Wildman–Crippen LogP) is 22.6. The molecule has 0 saturated heterocycles. The van der Waals surface area contributed by atoms with E-state index in [0.717, 1.165) is 61.0 Å². The van der Waals surface area contributed by atoms with Crippen molar-refractivity contribution in [3.8, 4) is 46.0 Å². The number of carbonyl (C=O) groups excluding carboxylic acids is 11. The maximum absolute atomic E-state index is 13.7. The molecule has 0 atom stereocenters. The van der Waals surface area contributed by atoms with Crippen LogP contribution in [-0.2, 0) is 67.7 Å². The second kappa shape index (κ2) is 60.2. The number of hydrogen-bond donors (Lipinski definition) is 4. The molecule has 0 fully saturated rings. The summed E-state index contributed by atoms with van der Waals surface area (Å²) in [5.74, 6) is -1.06. The van der Waals surface area contributed by atoms with Crippen LogP contribution in [0.2, 0.25) is 0 Å². The highest BCUT2D eigenvalue weighted by Crippen LogP contribution is 2.28. The van der Waals surface area contributed by atoms with Gasteiger partial charge < -0.3 is 78.1 Å². The molecular formula is C117H127FN6O22. The van der Waals surface area contributed by atoms with E-state index >= 15 is 0 Å². The standard InChI is InChI=1S/C40H43FN2O7.C40H44N2O8.C37H40N2O7/c1-4-5-6-7-8-23-49-34-20-14-32(15-21-34)40(47)50-35-18-9-29(10-19-35)27-43(26-28(2)44)39(46)31-12-16-33(17-13-31)42-38(45)25-30-11-22-36(41)37(24-30)48-3;1-3-5-6-7-8-25-49-35-23-15-32(16-24-35)40(47)50-36-21-11-30(12-22-36)27-42(28-38(44)45)39(46)31-13-17-33(18-14-31)41-37(43)26-29-9-19-34(20-10-29)48-4-2;1-3-4-5-6-7-22-44-32-20-14-30(15-21-32)37(43)46-33-18-10-28(11-19-33)26-39(25-27(2)40)36(42)29-12-16-31(17-13-29)38-35(41)24-34-9-8-23-45-34/h9-22,24H,4-8,23,25-27H2,1-3H3,(H,42,45);9-24H,3-8,25-28H2,1-2H3,(H,41,43)(H,44,45);8-21,23H,3-7,22,24-26H2,1-2H3,(H,38,41). The van der Waals surface area contributed by atoms with Gasteiger partial charge in [0.05, 0.1) is 88.8 Å². The lowest BCUT2D eigenvalue weighted by Crippen LogP contribution is -2.35. The van der Waals surface area contributed by atoms with E-state index in [1.54, 1.807) is 231 Å². The van der Waals surface area contributed by atoms with Crippen molar-refractivity contribution in [1.82, 2.24) is 14.7 Å². The van der Waals surface area contributed by atoms with Crippen molar-refractivity contribution in [3.63, 3.8) is 0 Å². The fraction of sp³-hybridized carbons (Fsp3) is 0.299. The van der Waals surface area contributed by atoms with E-state index in [1.165, 1.54) is 118 Å². The smallest absolute Gasteiger partial charge is 0.343 e. The number of unbranched alkanes of at least 4 members (excludes halogenated alkanes) is 12. The van der Waals surface area contributed by atoms with Crippen LogP contribution < -0.4 is 53.8 Å². The van der Waals surface area contributed by atoms with Gasteiger partial charge in [-0.05, 0) is 286 Å². The van der Waals surface area contributed by atoms with Crippen LogP contribution in [0.15, 0.2) is 284 Å². The lowest BCUT2D eigenvalue weighted by Gasteiger charge is -2.22. The highest BCUT2D eigenvalue weighted by Gasteiger charge is 2.25. The van der Waals surface area contributed by atoms with E-state index in [2.05, 4.69) is 36.7 Å². The van der Waals surface area contributed by atoms with Gasteiger partial charge in [-0.3, -0.25) is 43.2 Å². The molecule has 0 radical (unpaired) electrons. The normalized spacial score (nSPS) is 10.6. The number of nitrogens with zero attached hydrogens (tertiary/aromatic N) is 3. The fourth-order valence-electron chi connectivity index (χ4n) is 15.1. The second-order valence-corrected chi connectivity index (χ2v) is 34.8. The average Bonchev–Trinajstić information content (AvgIpc) is 1.01. The minimum absolute atomic E-state index is 0.00355. The lowest BCUT2D eigenvalue weighted by molar-refractivity contribution is -0.138. The molecule has 0 unspecified atom stereocenters. The quantitative estimate of drug-likeness (QED) is 0.0156. The van der Waals surface area contributed by atoms with Gasteiger partial charge in [-0.2, -0.15) is 0 Å². The molecule has 0 aliphatic rings. The molecule has 29 heteroatoms. The number of methoxy groups -OCH3 is 1. The molecule has 0 saturated carbocycles. The van der Waals surface area contributed by atoms with Crippen LogP contribution in [0.1, 0.15) is 234 Å². The largest absolute Gasteiger partial charge is 0.494 e. The molecule has 28 nitrogen and oxygen atoms in total. The number of hydrogen-bond acceptors (Lipinski definition) is 21. The molecule has 12 aromatic rings. The molecular weight excluding hydrogens is 1860 g/mol. The lowest BCUT2D eigenvalue weighted by atomic mass is 10.1. The SMILES string of the molecule is CCCCCCCOc1ccc(C(=O)Oc2ccc(CN(CC(=O)O)C(=O)c3ccc(NC(=O)Cc4ccc(OCC)cc4)cc3)cc2)cc1.CCCCCCCOc1ccc(C(=O)Oc2ccc(CN(CC(C)=O)C(=O)c3ccc(NC(=O)Cc4ccc(F)c(OC)c4)cc3)cc2)cc1.CCCCCCCOc1ccc(C(=O)Oc2ccc(CN(CC(C)=O)C(=O)c3ccc(NC(=O)Cc4ccco4)cc3)cc2)cc1. The summed E-state index contributed by atoms with van der Waals surface area (Å²) in [7, 11) is 1.35. The number of furan rings is 1. The third kappa shape index (κ3) is 39.2. The number of rotatable bonds is 54. The number of benzene rings is 11. The van der Waals surface area contributed by atoms with Gasteiger partial charge in [-0.1, -0.05) is 152 Å². The van der Waals surface area contributed by atoms with Crippen LogP contribution in [0.4, 0.5) is 21.5 Å². The summed E-state index contributed by atoms with van der Waals surface area (Å²) in [4.78, 5) is 155. The van der Waals surface area contributed by atoms with E-state index < -0.39 is 42.1 Å². The summed E-state index contributed by atoms with van der Waals surface area (Å²) in [6.45, 7) is 13.4. The Balaban J connectivity index is 0.000000225. The third-order valence-electron chi connectivity index (χ3n) is 22.7. The van der Waals surface area contributed by atoms with Crippen molar-refractivity contribution in [1.29, 1.82) is 0 Å². The van der Waals surface area contributed by atoms with Crippen LogP contribution in [0.3, 0.4) is 0 Å². The summed E-state index contributed by atoms with van der Waals surface area (Å²) in [6.07, 6.45) is 19.1. The fourth-order valence-corrected chi connectivity index (χ4v) is 15.1. The number of ketones is 2. The number of anilines is 3. The minimum Gasteiger partial charge on any atom is -0.494 e. The zero-order valence-corrected chi connectivity index (χ0v) is 83.6. The van der Waals surface area contributed by atoms with E-state index in [9.17, 15) is 67.0 Å². The minimum atomic E-state index is -1.16. The summed E-state index contributed by atoms with van der Waals surface area (Å²) in [5.41, 5.74) is 7.21. The zero-order chi connectivity index (χ0) is 104. The van der Waals surface area contributed by atoms with E-state index in [-0.39, 0.29) is 104 Å². The molecule has 12 rings (SSSR count). The topological polar surface area (TPSA) is 358 Å². The Kier molecular flexibility index (Phi) is 46.0. The summed E-state index contributed by atoms with van der Waals surface area (Å²) in [5, 5.41) is 17.8. The Labute approximate surface area is 851 Å². The first-order valence-corrected chi connectivity index (χ1v) is 49.2. The van der Waals surface area contributed by atoms with Gasteiger partial charge in [0.15, 0.2) is 11.6 Å². The molecule has 0 aliphatic carbocycles. The molecule has 146 heavy (non-hydrogen) atoms. The second-order valence-electron chi connectivity index (χ2n) is 34.8. The van der Waals surface area contributed by atoms with Gasteiger partial charge in [0.25, 0.3) is 17.7 Å². The van der Waals surface area contributed by atoms with Crippen molar-refractivity contribution in [2.24, 2.45) is 0 Å². The van der Waals surface area contributed by atoms with Gasteiger partial charge >= 0.3 is 23.9 Å². The number of halogens is 1. The van der Waals surface area contributed by atoms with Gasteiger partial charge in [0.2, 0.25) is 17.7 Å². The Hall–Kier alpha value is -16.3. The van der Waals surface area contributed by atoms with Gasteiger partial charge in [-0.25, -0.2) is 18.8 Å². The van der Waals surface area contributed by atoms with E-state index in [0.29, 0.717) is 123 Å². The highest BCUT2D eigenvalue weighted by atomic mass is 19.1. The molecule has 6 amide bonds. The van der Waals surface area contributed by atoms with Gasteiger partial charge in [-0.15, -0.1) is 0 Å². The first kappa shape index (κ1) is 112. The number of carboxylic acids is 1. The predicted molar refractivity (Wildman–Crippen MR) is 555 cm³/mol. The monoisotopic (exact) mass is 1990 g/mol. The number of carboxylic acid groups (broad SMARTS) is 1. The Morgan fingerprint density at radius 2 is 0.616 bits per heavy atom. The van der Waals surface area contributed by atoms with E-state index in [1.807, 2.05) is 31.2 Å². The number of amides is 6. The molecule has 4 N–H and O–H groups in total.